The predicted octanol–water partition coefficient (Wildman–Crippen LogP) is 2.72. The van der Waals surface area contributed by atoms with Crippen molar-refractivity contribution in [3.63, 3.8) is 0 Å². The summed E-state index contributed by atoms with van der Waals surface area (Å²) < 4.78 is 13.6. The number of aliphatic carboxylic acids is 1. The Balaban J connectivity index is 2.32. The van der Waals surface area contributed by atoms with Gasteiger partial charge in [0.15, 0.2) is 0 Å². The summed E-state index contributed by atoms with van der Waals surface area (Å²) in [4.78, 5) is 15.5. The Labute approximate surface area is 116 Å². The quantitative estimate of drug-likeness (QED) is 0.881. The molecule has 0 bridgehead atoms. The largest absolute Gasteiger partial charge is 0.480 e. The lowest BCUT2D eigenvalue weighted by Crippen LogP contribution is -2.48. The van der Waals surface area contributed by atoms with E-state index >= 15 is 0 Å². The van der Waals surface area contributed by atoms with Gasteiger partial charge in [-0.1, -0.05) is 13.0 Å². The fourth-order valence-corrected chi connectivity index (χ4v) is 2.00. The summed E-state index contributed by atoms with van der Waals surface area (Å²) in [6.07, 6.45) is 2.07. The molecule has 0 amide bonds. The van der Waals surface area contributed by atoms with Gasteiger partial charge in [-0.05, 0) is 37.1 Å². The van der Waals surface area contributed by atoms with Crippen LogP contribution in [0.4, 0.5) is 4.39 Å². The minimum absolute atomic E-state index is 0.252. The molecule has 2 rings (SSSR count). The Morgan fingerprint density at radius 2 is 2.25 bits per heavy atom. The number of carbonyl (C=O) groups is 1. The lowest BCUT2D eigenvalue weighted by molar-refractivity contribution is -0.144. The molecule has 20 heavy (non-hydrogen) atoms. The summed E-state index contributed by atoms with van der Waals surface area (Å²) in [5.41, 5.74) is 0.305. The lowest BCUT2D eigenvalue weighted by atomic mass is 9.98. The minimum atomic E-state index is -1.03. The molecule has 0 saturated heterocycles. The van der Waals surface area contributed by atoms with E-state index in [9.17, 15) is 14.3 Å². The number of pyridine rings is 1. The summed E-state index contributed by atoms with van der Waals surface area (Å²) in [6.45, 7) is 3.66. The Hall–Kier alpha value is -2.01. The van der Waals surface area contributed by atoms with Gasteiger partial charge in [-0.15, -0.1) is 0 Å². The minimum Gasteiger partial charge on any atom is -0.480 e. The van der Waals surface area contributed by atoms with Crippen LogP contribution in [0.25, 0.3) is 10.9 Å². The molecule has 2 N–H and O–H groups in total. The summed E-state index contributed by atoms with van der Waals surface area (Å²) in [5, 5.41) is 12.9. The highest BCUT2D eigenvalue weighted by Crippen LogP contribution is 2.19. The number of nitrogens with one attached hydrogen (secondary N) is 1. The first-order chi connectivity index (χ1) is 9.46. The molecule has 1 atom stereocenters. The van der Waals surface area contributed by atoms with Crippen LogP contribution < -0.4 is 5.32 Å². The third kappa shape index (κ3) is 2.77. The zero-order valence-corrected chi connectivity index (χ0v) is 11.5. The zero-order chi connectivity index (χ0) is 14.8. The van der Waals surface area contributed by atoms with Gasteiger partial charge in [0.2, 0.25) is 0 Å². The zero-order valence-electron chi connectivity index (χ0n) is 11.5. The van der Waals surface area contributed by atoms with Gasteiger partial charge in [0.25, 0.3) is 0 Å². The molecule has 0 aliphatic heterocycles. The molecule has 1 aromatic heterocycles. The molecule has 0 spiro atoms. The van der Waals surface area contributed by atoms with Gasteiger partial charge >= 0.3 is 5.97 Å². The summed E-state index contributed by atoms with van der Waals surface area (Å²) in [5.74, 6) is -1.27. The highest BCUT2D eigenvalue weighted by atomic mass is 19.1. The highest BCUT2D eigenvalue weighted by molar-refractivity contribution is 5.82. The van der Waals surface area contributed by atoms with E-state index in [4.69, 9.17) is 0 Å². The molecule has 0 saturated carbocycles. The van der Waals surface area contributed by atoms with Crippen molar-refractivity contribution >= 4 is 16.9 Å². The molecule has 4 nitrogen and oxygen atoms in total. The van der Waals surface area contributed by atoms with Gasteiger partial charge in [0.1, 0.15) is 11.4 Å². The topological polar surface area (TPSA) is 62.2 Å². The van der Waals surface area contributed by atoms with Gasteiger partial charge in [-0.2, -0.15) is 0 Å². The van der Waals surface area contributed by atoms with Crippen LogP contribution >= 0.6 is 0 Å². The van der Waals surface area contributed by atoms with E-state index in [1.807, 2.05) is 0 Å². The number of benzene rings is 1. The van der Waals surface area contributed by atoms with Crippen molar-refractivity contribution < 1.29 is 14.3 Å². The van der Waals surface area contributed by atoms with Crippen molar-refractivity contribution in [1.29, 1.82) is 0 Å². The summed E-state index contributed by atoms with van der Waals surface area (Å²) in [7, 11) is 0. The molecule has 0 fully saturated rings. The van der Waals surface area contributed by atoms with E-state index in [2.05, 4.69) is 10.3 Å². The maximum absolute atomic E-state index is 13.6. The molecule has 0 aliphatic rings. The normalized spacial score (nSPS) is 14.2. The van der Waals surface area contributed by atoms with Crippen LogP contribution in [0.3, 0.4) is 0 Å². The van der Waals surface area contributed by atoms with Crippen molar-refractivity contribution in [3.05, 3.63) is 41.8 Å². The lowest BCUT2D eigenvalue weighted by Gasteiger charge is -2.25. The molecule has 5 heteroatoms. The molecule has 0 radical (unpaired) electrons. The number of carboxylic acids is 1. The van der Waals surface area contributed by atoms with Crippen LogP contribution in [-0.4, -0.2) is 21.6 Å². The SMILES string of the molecule is CCC(C)(NCc1cc(F)cc2cccnc12)C(=O)O. The molecule has 106 valence electrons. The van der Waals surface area contributed by atoms with Crippen molar-refractivity contribution in [2.24, 2.45) is 0 Å². The average molecular weight is 276 g/mol. The third-order valence-electron chi connectivity index (χ3n) is 3.60. The molecule has 2 aromatic rings. The van der Waals surface area contributed by atoms with Crippen LogP contribution in [0.15, 0.2) is 30.5 Å². The maximum Gasteiger partial charge on any atom is 0.323 e. The predicted molar refractivity (Wildman–Crippen MR) is 74.9 cm³/mol. The Bertz CT molecular complexity index is 645. The van der Waals surface area contributed by atoms with Crippen LogP contribution in [-0.2, 0) is 11.3 Å². The van der Waals surface area contributed by atoms with E-state index in [-0.39, 0.29) is 12.4 Å². The smallest absolute Gasteiger partial charge is 0.323 e. The van der Waals surface area contributed by atoms with Crippen LogP contribution in [0.1, 0.15) is 25.8 Å². The van der Waals surface area contributed by atoms with E-state index in [1.165, 1.54) is 12.1 Å². The van der Waals surface area contributed by atoms with Crippen molar-refractivity contribution in [3.8, 4) is 0 Å². The first-order valence-electron chi connectivity index (χ1n) is 6.48. The second-order valence-electron chi connectivity index (χ2n) is 4.98. The molecule has 1 aromatic carbocycles. The Kier molecular flexibility index (Phi) is 3.99. The number of rotatable bonds is 5. The van der Waals surface area contributed by atoms with E-state index in [0.29, 0.717) is 22.9 Å². The second kappa shape index (κ2) is 5.54. The number of hydrogen-bond acceptors (Lipinski definition) is 3. The fraction of sp³-hybridized carbons (Fsp3) is 0.333. The fourth-order valence-electron chi connectivity index (χ4n) is 2.00. The highest BCUT2D eigenvalue weighted by Gasteiger charge is 2.30. The Morgan fingerprint density at radius 1 is 1.50 bits per heavy atom. The molecule has 1 heterocycles. The van der Waals surface area contributed by atoms with E-state index in [1.54, 1.807) is 32.2 Å². The van der Waals surface area contributed by atoms with Crippen LogP contribution in [0.2, 0.25) is 0 Å². The van der Waals surface area contributed by atoms with Crippen molar-refractivity contribution in [2.45, 2.75) is 32.4 Å². The number of aromatic nitrogens is 1. The van der Waals surface area contributed by atoms with Gasteiger partial charge in [0, 0.05) is 18.1 Å². The molecular formula is C15H17FN2O2. The first kappa shape index (κ1) is 14.4. The van der Waals surface area contributed by atoms with Crippen LogP contribution in [0, 0.1) is 5.82 Å². The number of carboxylic acid groups (broad SMARTS) is 1. The third-order valence-corrected chi connectivity index (χ3v) is 3.60. The van der Waals surface area contributed by atoms with E-state index in [0.717, 1.165) is 0 Å². The van der Waals surface area contributed by atoms with Gasteiger partial charge in [-0.3, -0.25) is 15.1 Å². The average Bonchev–Trinajstić information content (AvgIpc) is 2.44. The number of hydrogen-bond donors (Lipinski definition) is 2. The summed E-state index contributed by atoms with van der Waals surface area (Å²) in [6, 6.07) is 6.33. The summed E-state index contributed by atoms with van der Waals surface area (Å²) >= 11 is 0. The monoisotopic (exact) mass is 276 g/mol. The number of fused-ring (bicyclic) bond motifs is 1. The number of halogens is 1. The molecular weight excluding hydrogens is 259 g/mol. The van der Waals surface area contributed by atoms with Gasteiger partial charge in [0.05, 0.1) is 5.52 Å². The molecule has 0 aliphatic carbocycles. The number of nitrogens with zero attached hydrogens (tertiary/aromatic N) is 1. The standard InChI is InChI=1S/C15H17FN2O2/c1-3-15(2,14(19)20)18-9-11-8-12(16)7-10-5-4-6-17-13(10)11/h4-8,18H,3,9H2,1-2H3,(H,19,20). The first-order valence-corrected chi connectivity index (χ1v) is 6.48. The van der Waals surface area contributed by atoms with E-state index < -0.39 is 11.5 Å². The maximum atomic E-state index is 13.6. The van der Waals surface area contributed by atoms with Gasteiger partial charge < -0.3 is 5.11 Å². The van der Waals surface area contributed by atoms with Crippen molar-refractivity contribution in [1.82, 2.24) is 10.3 Å². The van der Waals surface area contributed by atoms with Crippen LogP contribution in [0.5, 0.6) is 0 Å². The second-order valence-corrected chi connectivity index (χ2v) is 4.98. The Morgan fingerprint density at radius 3 is 2.90 bits per heavy atom. The molecule has 1 unspecified atom stereocenters. The van der Waals surface area contributed by atoms with Crippen molar-refractivity contribution in [2.75, 3.05) is 0 Å². The van der Waals surface area contributed by atoms with Gasteiger partial charge in [-0.25, -0.2) is 4.39 Å².